The van der Waals surface area contributed by atoms with Crippen LogP contribution in [-0.2, 0) is 19.1 Å². The Labute approximate surface area is 115 Å². The van der Waals surface area contributed by atoms with Gasteiger partial charge in [0, 0.05) is 12.5 Å². The maximum absolute atomic E-state index is 11.3. The number of ether oxygens (including phenoxy) is 2. The molecule has 1 aliphatic carbocycles. The van der Waals surface area contributed by atoms with E-state index in [4.69, 9.17) is 9.47 Å². The highest BCUT2D eigenvalue weighted by Gasteiger charge is 2.27. The van der Waals surface area contributed by atoms with Gasteiger partial charge in [0.15, 0.2) is 0 Å². The minimum Gasteiger partial charge on any atom is -0.463 e. The first-order valence-electron chi connectivity index (χ1n) is 6.92. The van der Waals surface area contributed by atoms with Gasteiger partial charge in [-0.15, -0.1) is 0 Å². The molecule has 1 rings (SSSR count). The topological polar surface area (TPSA) is 52.6 Å². The zero-order chi connectivity index (χ0) is 14.4. The molecule has 0 aromatic heterocycles. The van der Waals surface area contributed by atoms with Crippen LogP contribution in [0, 0.1) is 5.92 Å². The van der Waals surface area contributed by atoms with Crippen molar-refractivity contribution in [3.05, 3.63) is 12.2 Å². The van der Waals surface area contributed by atoms with Crippen molar-refractivity contribution in [2.45, 2.75) is 65.1 Å². The molecule has 4 nitrogen and oxygen atoms in total. The monoisotopic (exact) mass is 268 g/mol. The zero-order valence-corrected chi connectivity index (χ0v) is 12.1. The van der Waals surface area contributed by atoms with Gasteiger partial charge in [0.25, 0.3) is 0 Å². The molecular weight excluding hydrogens is 244 g/mol. The van der Waals surface area contributed by atoms with Crippen LogP contribution in [0.5, 0.6) is 0 Å². The fourth-order valence-electron chi connectivity index (χ4n) is 2.45. The molecule has 3 unspecified atom stereocenters. The molecule has 0 heterocycles. The fourth-order valence-corrected chi connectivity index (χ4v) is 2.45. The maximum atomic E-state index is 11.3. The lowest BCUT2D eigenvalue weighted by Gasteiger charge is -2.16. The number of hydrogen-bond acceptors (Lipinski definition) is 4. The van der Waals surface area contributed by atoms with Gasteiger partial charge in [-0.25, -0.2) is 4.79 Å². The van der Waals surface area contributed by atoms with E-state index in [1.54, 1.807) is 6.92 Å². The van der Waals surface area contributed by atoms with Gasteiger partial charge in [-0.1, -0.05) is 6.58 Å². The molecule has 1 saturated carbocycles. The molecule has 19 heavy (non-hydrogen) atoms. The van der Waals surface area contributed by atoms with Crippen LogP contribution in [0.25, 0.3) is 0 Å². The van der Waals surface area contributed by atoms with Crippen LogP contribution >= 0.6 is 0 Å². The SMILES string of the molecule is C=C(C)C(=O)OC(C)CCC1CCC(OC(C)=O)C1. The van der Waals surface area contributed by atoms with Gasteiger partial charge in [-0.3, -0.25) is 4.79 Å². The molecule has 0 aromatic rings. The minimum atomic E-state index is -0.322. The first kappa shape index (κ1) is 15.7. The Bertz CT molecular complexity index is 348. The summed E-state index contributed by atoms with van der Waals surface area (Å²) < 4.78 is 10.4. The van der Waals surface area contributed by atoms with Crippen LogP contribution in [0.15, 0.2) is 12.2 Å². The number of esters is 2. The van der Waals surface area contributed by atoms with Gasteiger partial charge < -0.3 is 9.47 Å². The largest absolute Gasteiger partial charge is 0.463 e. The molecule has 3 atom stereocenters. The van der Waals surface area contributed by atoms with Gasteiger partial charge >= 0.3 is 11.9 Å². The second-order valence-corrected chi connectivity index (χ2v) is 5.48. The first-order chi connectivity index (χ1) is 8.88. The standard InChI is InChI=1S/C15H24O4/c1-10(2)15(17)18-11(3)5-6-13-7-8-14(9-13)19-12(4)16/h11,13-14H,1,5-9H2,2-4H3. The summed E-state index contributed by atoms with van der Waals surface area (Å²) in [6.07, 6.45) is 4.80. The van der Waals surface area contributed by atoms with Gasteiger partial charge in [0.2, 0.25) is 0 Å². The molecule has 0 aliphatic heterocycles. The van der Waals surface area contributed by atoms with Crippen LogP contribution in [0.1, 0.15) is 52.9 Å². The van der Waals surface area contributed by atoms with Crippen LogP contribution in [0.4, 0.5) is 0 Å². The van der Waals surface area contributed by atoms with Gasteiger partial charge in [-0.05, 0) is 51.9 Å². The second kappa shape index (κ2) is 7.31. The molecule has 0 saturated heterocycles. The Morgan fingerprint density at radius 3 is 2.58 bits per heavy atom. The van der Waals surface area contributed by atoms with Gasteiger partial charge in [-0.2, -0.15) is 0 Å². The number of carbonyl (C=O) groups is 2. The third-order valence-electron chi connectivity index (χ3n) is 3.46. The van der Waals surface area contributed by atoms with E-state index in [1.165, 1.54) is 6.92 Å². The van der Waals surface area contributed by atoms with Crippen LogP contribution in [0.2, 0.25) is 0 Å². The maximum Gasteiger partial charge on any atom is 0.333 e. The Hall–Kier alpha value is -1.32. The number of hydrogen-bond donors (Lipinski definition) is 0. The van der Waals surface area contributed by atoms with Gasteiger partial charge in [0.1, 0.15) is 6.10 Å². The molecule has 108 valence electrons. The average Bonchev–Trinajstić information content (AvgIpc) is 2.73. The average molecular weight is 268 g/mol. The van der Waals surface area contributed by atoms with Crippen LogP contribution in [-0.4, -0.2) is 24.1 Å². The molecule has 0 amide bonds. The summed E-state index contributed by atoms with van der Waals surface area (Å²) in [6, 6.07) is 0. The number of rotatable bonds is 6. The summed E-state index contributed by atoms with van der Waals surface area (Å²) in [5.74, 6) is 0.0430. The van der Waals surface area contributed by atoms with E-state index >= 15 is 0 Å². The number of carbonyl (C=O) groups excluding carboxylic acids is 2. The lowest BCUT2D eigenvalue weighted by Crippen LogP contribution is -2.16. The van der Waals surface area contributed by atoms with Crippen molar-refractivity contribution < 1.29 is 19.1 Å². The predicted octanol–water partition coefficient (Wildman–Crippen LogP) is 3.01. The molecular formula is C15H24O4. The van der Waals surface area contributed by atoms with E-state index in [-0.39, 0.29) is 24.1 Å². The van der Waals surface area contributed by atoms with Crippen molar-refractivity contribution >= 4 is 11.9 Å². The van der Waals surface area contributed by atoms with Crippen LogP contribution in [0.3, 0.4) is 0 Å². The molecule has 0 spiro atoms. The summed E-state index contributed by atoms with van der Waals surface area (Å²) in [4.78, 5) is 22.2. The Balaban J connectivity index is 2.21. The Morgan fingerprint density at radius 1 is 1.32 bits per heavy atom. The molecule has 4 heteroatoms. The predicted molar refractivity (Wildman–Crippen MR) is 72.5 cm³/mol. The molecule has 0 bridgehead atoms. The van der Waals surface area contributed by atoms with Crippen molar-refractivity contribution in [3.8, 4) is 0 Å². The molecule has 0 N–H and O–H groups in total. The highest BCUT2D eigenvalue weighted by atomic mass is 16.5. The first-order valence-corrected chi connectivity index (χ1v) is 6.92. The summed E-state index contributed by atoms with van der Waals surface area (Å²) in [5.41, 5.74) is 0.433. The van der Waals surface area contributed by atoms with E-state index < -0.39 is 0 Å². The van der Waals surface area contributed by atoms with E-state index in [0.717, 1.165) is 32.1 Å². The van der Waals surface area contributed by atoms with Crippen LogP contribution < -0.4 is 0 Å². The third kappa shape index (κ3) is 5.90. The van der Waals surface area contributed by atoms with Crippen molar-refractivity contribution in [3.63, 3.8) is 0 Å². The summed E-state index contributed by atoms with van der Waals surface area (Å²) >= 11 is 0. The summed E-state index contributed by atoms with van der Waals surface area (Å²) in [5, 5.41) is 0. The minimum absolute atomic E-state index is 0.0794. The fraction of sp³-hybridized carbons (Fsp3) is 0.733. The molecule has 0 radical (unpaired) electrons. The zero-order valence-electron chi connectivity index (χ0n) is 12.1. The quantitative estimate of drug-likeness (QED) is 0.549. The normalized spacial score (nSPS) is 23.7. The summed E-state index contributed by atoms with van der Waals surface area (Å²) in [6.45, 7) is 8.56. The van der Waals surface area contributed by atoms with E-state index in [1.807, 2.05) is 6.92 Å². The van der Waals surface area contributed by atoms with E-state index in [9.17, 15) is 9.59 Å². The van der Waals surface area contributed by atoms with Crippen molar-refractivity contribution in [1.29, 1.82) is 0 Å². The van der Waals surface area contributed by atoms with Crippen molar-refractivity contribution in [2.75, 3.05) is 0 Å². The Morgan fingerprint density at radius 2 is 2.00 bits per heavy atom. The van der Waals surface area contributed by atoms with E-state index in [2.05, 4.69) is 6.58 Å². The third-order valence-corrected chi connectivity index (χ3v) is 3.46. The highest BCUT2D eigenvalue weighted by Crippen LogP contribution is 2.31. The van der Waals surface area contributed by atoms with E-state index in [0.29, 0.717) is 11.5 Å². The van der Waals surface area contributed by atoms with Gasteiger partial charge in [0.05, 0.1) is 6.10 Å². The molecule has 1 aliphatic rings. The lowest BCUT2D eigenvalue weighted by atomic mass is 10.00. The van der Waals surface area contributed by atoms with Crippen molar-refractivity contribution in [1.82, 2.24) is 0 Å². The Kier molecular flexibility index (Phi) is 6.06. The second-order valence-electron chi connectivity index (χ2n) is 5.48. The summed E-state index contributed by atoms with van der Waals surface area (Å²) in [7, 11) is 0. The lowest BCUT2D eigenvalue weighted by molar-refractivity contribution is -0.146. The molecule has 0 aromatic carbocycles. The van der Waals surface area contributed by atoms with Crippen molar-refractivity contribution in [2.24, 2.45) is 5.92 Å². The molecule has 1 fully saturated rings. The smallest absolute Gasteiger partial charge is 0.333 e. The highest BCUT2D eigenvalue weighted by molar-refractivity contribution is 5.87.